The van der Waals surface area contributed by atoms with Gasteiger partial charge in [-0.15, -0.1) is 11.3 Å². The first kappa shape index (κ1) is 20.0. The van der Waals surface area contributed by atoms with Crippen LogP contribution in [0.1, 0.15) is 32.4 Å². The van der Waals surface area contributed by atoms with Crippen LogP contribution in [0.2, 0.25) is 5.02 Å². The SMILES string of the molecule is Cc1cc(C(=O)Nc2nc3c(s2)CN(S(=O)(=O)c2cccc(Cl)c2C)CC3)no1. The summed E-state index contributed by atoms with van der Waals surface area (Å²) >= 11 is 7.35. The number of rotatable bonds is 4. The van der Waals surface area contributed by atoms with Gasteiger partial charge >= 0.3 is 0 Å². The second-order valence-corrected chi connectivity index (χ2v) is 10.0. The van der Waals surface area contributed by atoms with Crippen LogP contribution in [0, 0.1) is 13.8 Å². The number of benzene rings is 1. The lowest BCUT2D eigenvalue weighted by molar-refractivity contribution is 0.101. The number of aromatic nitrogens is 2. The molecular formula is C18H17ClN4O4S2. The highest BCUT2D eigenvalue weighted by molar-refractivity contribution is 7.89. The molecule has 29 heavy (non-hydrogen) atoms. The zero-order valence-electron chi connectivity index (χ0n) is 15.6. The maximum atomic E-state index is 13.1. The van der Waals surface area contributed by atoms with E-state index in [1.165, 1.54) is 21.7 Å². The van der Waals surface area contributed by atoms with Crippen molar-refractivity contribution in [2.45, 2.75) is 31.7 Å². The molecule has 0 unspecified atom stereocenters. The lowest BCUT2D eigenvalue weighted by Gasteiger charge is -2.26. The molecule has 0 bridgehead atoms. The molecule has 0 saturated carbocycles. The molecule has 3 heterocycles. The number of halogens is 1. The van der Waals surface area contributed by atoms with Crippen molar-refractivity contribution in [1.82, 2.24) is 14.4 Å². The van der Waals surface area contributed by atoms with Crippen molar-refractivity contribution >= 4 is 44.0 Å². The Morgan fingerprint density at radius 1 is 1.34 bits per heavy atom. The van der Waals surface area contributed by atoms with Crippen LogP contribution < -0.4 is 5.32 Å². The zero-order chi connectivity index (χ0) is 20.8. The minimum atomic E-state index is -3.69. The molecule has 0 radical (unpaired) electrons. The van der Waals surface area contributed by atoms with Crippen molar-refractivity contribution in [2.75, 3.05) is 11.9 Å². The van der Waals surface area contributed by atoms with E-state index in [0.717, 1.165) is 10.6 Å². The Labute approximate surface area is 176 Å². The molecule has 0 saturated heterocycles. The topological polar surface area (TPSA) is 105 Å². The van der Waals surface area contributed by atoms with Gasteiger partial charge in [0.2, 0.25) is 10.0 Å². The van der Waals surface area contributed by atoms with E-state index in [4.69, 9.17) is 16.1 Å². The quantitative estimate of drug-likeness (QED) is 0.650. The first-order valence-corrected chi connectivity index (χ1v) is 11.4. The molecule has 1 N–H and O–H groups in total. The van der Waals surface area contributed by atoms with Gasteiger partial charge in [0.25, 0.3) is 5.91 Å². The first-order chi connectivity index (χ1) is 13.8. The lowest BCUT2D eigenvalue weighted by Crippen LogP contribution is -2.35. The summed E-state index contributed by atoms with van der Waals surface area (Å²) in [5, 5.41) is 7.18. The van der Waals surface area contributed by atoms with Gasteiger partial charge < -0.3 is 4.52 Å². The van der Waals surface area contributed by atoms with Crippen molar-refractivity contribution in [1.29, 1.82) is 0 Å². The number of carbonyl (C=O) groups excluding carboxylic acids is 1. The van der Waals surface area contributed by atoms with Gasteiger partial charge in [-0.05, 0) is 31.5 Å². The van der Waals surface area contributed by atoms with Crippen LogP contribution >= 0.6 is 22.9 Å². The average Bonchev–Trinajstić information content (AvgIpc) is 3.28. The predicted molar refractivity (Wildman–Crippen MR) is 109 cm³/mol. The average molecular weight is 453 g/mol. The molecule has 0 spiro atoms. The highest BCUT2D eigenvalue weighted by atomic mass is 35.5. The van der Waals surface area contributed by atoms with Gasteiger partial charge in [0.05, 0.1) is 17.1 Å². The Kier molecular flexibility index (Phi) is 5.19. The smallest absolute Gasteiger partial charge is 0.279 e. The number of nitrogens with zero attached hydrogens (tertiary/aromatic N) is 3. The van der Waals surface area contributed by atoms with Gasteiger partial charge in [-0.25, -0.2) is 13.4 Å². The summed E-state index contributed by atoms with van der Waals surface area (Å²) in [6, 6.07) is 6.39. The highest BCUT2D eigenvalue weighted by Crippen LogP contribution is 2.33. The highest BCUT2D eigenvalue weighted by Gasteiger charge is 2.32. The predicted octanol–water partition coefficient (Wildman–Crippen LogP) is 3.40. The number of carbonyl (C=O) groups is 1. The molecule has 2 aromatic heterocycles. The van der Waals surface area contributed by atoms with E-state index in [1.807, 2.05) is 0 Å². The molecule has 11 heteroatoms. The molecule has 0 fully saturated rings. The second-order valence-electron chi connectivity index (χ2n) is 6.62. The Morgan fingerprint density at radius 2 is 2.14 bits per heavy atom. The van der Waals surface area contributed by atoms with E-state index < -0.39 is 15.9 Å². The van der Waals surface area contributed by atoms with Crippen molar-refractivity contribution in [2.24, 2.45) is 0 Å². The molecule has 152 valence electrons. The van der Waals surface area contributed by atoms with Crippen molar-refractivity contribution in [3.63, 3.8) is 0 Å². The van der Waals surface area contributed by atoms with Crippen molar-refractivity contribution < 1.29 is 17.7 Å². The van der Waals surface area contributed by atoms with E-state index in [-0.39, 0.29) is 17.1 Å². The fraction of sp³-hybridized carbons (Fsp3) is 0.278. The number of fused-ring (bicyclic) bond motifs is 1. The normalized spacial score (nSPS) is 14.6. The zero-order valence-corrected chi connectivity index (χ0v) is 18.0. The fourth-order valence-corrected chi connectivity index (χ4v) is 6.06. The van der Waals surface area contributed by atoms with Gasteiger partial charge in [-0.1, -0.05) is 22.8 Å². The third kappa shape index (κ3) is 3.80. The first-order valence-electron chi connectivity index (χ1n) is 8.74. The number of anilines is 1. The van der Waals surface area contributed by atoms with Crippen LogP contribution in [-0.2, 0) is 23.0 Å². The van der Waals surface area contributed by atoms with E-state index in [2.05, 4.69) is 15.5 Å². The van der Waals surface area contributed by atoms with Crippen LogP contribution in [0.25, 0.3) is 0 Å². The summed E-state index contributed by atoms with van der Waals surface area (Å²) in [6.45, 7) is 3.89. The van der Waals surface area contributed by atoms with Crippen molar-refractivity contribution in [3.05, 3.63) is 56.9 Å². The van der Waals surface area contributed by atoms with E-state index in [9.17, 15) is 13.2 Å². The molecule has 8 nitrogen and oxygen atoms in total. The van der Waals surface area contributed by atoms with Gasteiger partial charge in [0, 0.05) is 28.9 Å². The number of hydrogen-bond donors (Lipinski definition) is 1. The van der Waals surface area contributed by atoms with Crippen LogP contribution in [0.15, 0.2) is 33.7 Å². The van der Waals surface area contributed by atoms with E-state index >= 15 is 0 Å². The molecule has 1 aromatic carbocycles. The van der Waals surface area contributed by atoms with Gasteiger partial charge in [-0.2, -0.15) is 4.31 Å². The molecular weight excluding hydrogens is 436 g/mol. The third-order valence-electron chi connectivity index (χ3n) is 4.61. The Hall–Kier alpha value is -2.27. The number of sulfonamides is 1. The number of hydrogen-bond acceptors (Lipinski definition) is 7. The summed E-state index contributed by atoms with van der Waals surface area (Å²) in [5.74, 6) is 0.109. The second kappa shape index (κ2) is 7.52. The molecule has 1 aliphatic rings. The third-order valence-corrected chi connectivity index (χ3v) is 8.01. The summed E-state index contributed by atoms with van der Waals surface area (Å²) < 4.78 is 32.5. The van der Waals surface area contributed by atoms with Crippen molar-refractivity contribution in [3.8, 4) is 0 Å². The minimum absolute atomic E-state index is 0.163. The minimum Gasteiger partial charge on any atom is -0.361 e. The molecule has 0 aliphatic carbocycles. The molecule has 3 aromatic rings. The summed E-state index contributed by atoms with van der Waals surface area (Å²) in [6.07, 6.45) is 0.462. The van der Waals surface area contributed by atoms with Gasteiger partial charge in [-0.3, -0.25) is 10.1 Å². The number of aryl methyl sites for hydroxylation is 1. The van der Waals surface area contributed by atoms with Crippen LogP contribution in [0.5, 0.6) is 0 Å². The molecule has 4 rings (SSSR count). The number of thiazole rings is 1. The lowest BCUT2D eigenvalue weighted by atomic mass is 10.2. The largest absolute Gasteiger partial charge is 0.361 e. The Morgan fingerprint density at radius 3 is 2.86 bits per heavy atom. The van der Waals surface area contributed by atoms with Crippen LogP contribution in [-0.4, -0.2) is 35.3 Å². The Balaban J connectivity index is 1.55. The van der Waals surface area contributed by atoms with Crippen LogP contribution in [0.4, 0.5) is 5.13 Å². The maximum absolute atomic E-state index is 13.1. The number of amides is 1. The molecule has 1 amide bonds. The van der Waals surface area contributed by atoms with Gasteiger partial charge in [0.1, 0.15) is 5.76 Å². The standard InChI is InChI=1S/C18H17ClN4O4S2/c1-10-8-14(22-27-10)17(24)21-18-20-13-6-7-23(9-15(13)28-18)29(25,26)16-5-3-4-12(19)11(16)2/h3-5,8H,6-7,9H2,1-2H3,(H,20,21,24). The number of nitrogens with one attached hydrogen (secondary N) is 1. The summed E-state index contributed by atoms with van der Waals surface area (Å²) in [5.41, 5.74) is 1.48. The monoisotopic (exact) mass is 452 g/mol. The summed E-state index contributed by atoms with van der Waals surface area (Å²) in [7, 11) is -3.69. The van der Waals surface area contributed by atoms with E-state index in [1.54, 1.807) is 32.0 Å². The van der Waals surface area contributed by atoms with E-state index in [0.29, 0.717) is 34.4 Å². The fourth-order valence-electron chi connectivity index (χ4n) is 3.07. The maximum Gasteiger partial charge on any atom is 0.279 e. The Bertz CT molecular complexity index is 1200. The summed E-state index contributed by atoms with van der Waals surface area (Å²) in [4.78, 5) is 17.7. The van der Waals surface area contributed by atoms with Crippen LogP contribution in [0.3, 0.4) is 0 Å². The molecule has 0 atom stereocenters. The van der Waals surface area contributed by atoms with Gasteiger partial charge in [0.15, 0.2) is 10.8 Å². The molecule has 1 aliphatic heterocycles.